The first-order chi connectivity index (χ1) is 13.3. The predicted octanol–water partition coefficient (Wildman–Crippen LogP) is 1.80. The van der Waals surface area contributed by atoms with Gasteiger partial charge in [-0.2, -0.15) is 5.10 Å². The zero-order valence-electron chi connectivity index (χ0n) is 17.0. The molecule has 2 aromatic heterocycles. The van der Waals surface area contributed by atoms with Crippen molar-refractivity contribution < 1.29 is 9.53 Å². The maximum absolute atomic E-state index is 12.8. The fraction of sp³-hybridized carbons (Fsp3) is 0.600. The summed E-state index contributed by atoms with van der Waals surface area (Å²) < 4.78 is 7.14. The number of nitrogens with zero attached hydrogens (tertiary/aromatic N) is 5. The molecule has 1 atom stereocenters. The maximum atomic E-state index is 12.8. The molecule has 1 N–H and O–H groups in total. The van der Waals surface area contributed by atoms with E-state index in [1.54, 1.807) is 4.68 Å². The number of anilines is 1. The van der Waals surface area contributed by atoms with Gasteiger partial charge in [0.1, 0.15) is 5.69 Å². The summed E-state index contributed by atoms with van der Waals surface area (Å²) in [5.74, 6) is 0.597. The Labute approximate surface area is 165 Å². The highest BCUT2D eigenvalue weighted by atomic mass is 16.5. The molecule has 0 spiro atoms. The van der Waals surface area contributed by atoms with Crippen molar-refractivity contribution in [1.29, 1.82) is 0 Å². The van der Waals surface area contributed by atoms with Gasteiger partial charge < -0.3 is 15.0 Å². The maximum Gasteiger partial charge on any atom is 0.272 e. The van der Waals surface area contributed by atoms with Crippen molar-refractivity contribution in [2.45, 2.75) is 39.7 Å². The van der Waals surface area contributed by atoms with Crippen molar-refractivity contribution in [3.63, 3.8) is 0 Å². The molecule has 8 heteroatoms. The summed E-state index contributed by atoms with van der Waals surface area (Å²) >= 11 is 0. The normalized spacial score (nSPS) is 21.3. The third-order valence-corrected chi connectivity index (χ3v) is 5.61. The molecule has 2 aliphatic rings. The van der Waals surface area contributed by atoms with Crippen molar-refractivity contribution >= 4 is 11.9 Å². The zero-order valence-corrected chi connectivity index (χ0v) is 17.0. The quantitative estimate of drug-likeness (QED) is 0.869. The van der Waals surface area contributed by atoms with Crippen LogP contribution in [-0.4, -0.2) is 52.0 Å². The number of carbonyl (C=O) groups is 1. The Morgan fingerprint density at radius 3 is 2.75 bits per heavy atom. The van der Waals surface area contributed by atoms with Crippen LogP contribution < -0.4 is 10.2 Å². The van der Waals surface area contributed by atoms with Gasteiger partial charge in [0.15, 0.2) is 0 Å². The van der Waals surface area contributed by atoms with Crippen LogP contribution in [0.5, 0.6) is 0 Å². The second-order valence-corrected chi connectivity index (χ2v) is 8.54. The molecule has 150 valence electrons. The van der Waals surface area contributed by atoms with Gasteiger partial charge in [0.2, 0.25) is 5.95 Å². The standard InChI is InChI=1S/C20H28N6O2/c1-13-9-15(24-25(13)4)18(27)22-16-10-20(2,3)11-17-14(16)12-21-19(23-17)26-5-7-28-8-6-26/h9,12,16H,5-8,10-11H2,1-4H3,(H,22,27)/t16-/m1/s1. The summed E-state index contributed by atoms with van der Waals surface area (Å²) in [5.41, 5.74) is 3.47. The van der Waals surface area contributed by atoms with Crippen LogP contribution >= 0.6 is 0 Å². The minimum absolute atomic E-state index is 0.0433. The predicted molar refractivity (Wildman–Crippen MR) is 105 cm³/mol. The van der Waals surface area contributed by atoms with Gasteiger partial charge in [-0.1, -0.05) is 13.8 Å². The highest BCUT2D eigenvalue weighted by molar-refractivity contribution is 5.92. The summed E-state index contributed by atoms with van der Waals surface area (Å²) in [7, 11) is 1.84. The molecular formula is C20H28N6O2. The molecular weight excluding hydrogens is 356 g/mol. The fourth-order valence-corrected chi connectivity index (χ4v) is 3.98. The number of fused-ring (bicyclic) bond motifs is 1. The van der Waals surface area contributed by atoms with Crippen molar-refractivity contribution in [3.8, 4) is 0 Å². The molecule has 1 saturated heterocycles. The van der Waals surface area contributed by atoms with E-state index in [4.69, 9.17) is 9.72 Å². The Hall–Kier alpha value is -2.48. The first-order valence-electron chi connectivity index (χ1n) is 9.82. The molecule has 1 amide bonds. The number of carbonyl (C=O) groups excluding carboxylic acids is 1. The number of hydrogen-bond acceptors (Lipinski definition) is 6. The summed E-state index contributed by atoms with van der Waals surface area (Å²) in [6.07, 6.45) is 3.60. The van der Waals surface area contributed by atoms with Gasteiger partial charge in [-0.3, -0.25) is 9.48 Å². The number of aromatic nitrogens is 4. The average molecular weight is 384 g/mol. The van der Waals surface area contributed by atoms with E-state index in [0.717, 1.165) is 48.8 Å². The summed E-state index contributed by atoms with van der Waals surface area (Å²) in [6, 6.07) is 1.69. The molecule has 1 aliphatic heterocycles. The number of aryl methyl sites for hydroxylation is 2. The molecule has 0 saturated carbocycles. The van der Waals surface area contributed by atoms with E-state index in [2.05, 4.69) is 34.1 Å². The van der Waals surface area contributed by atoms with Crippen LogP contribution in [0.4, 0.5) is 5.95 Å². The van der Waals surface area contributed by atoms with Crippen molar-refractivity contribution in [3.05, 3.63) is 34.9 Å². The highest BCUT2D eigenvalue weighted by Gasteiger charge is 2.35. The molecule has 0 unspecified atom stereocenters. The molecule has 2 aromatic rings. The number of morpholine rings is 1. The topological polar surface area (TPSA) is 85.2 Å². The van der Waals surface area contributed by atoms with E-state index in [9.17, 15) is 4.79 Å². The Bertz CT molecular complexity index is 865. The molecule has 1 aliphatic carbocycles. The lowest BCUT2D eigenvalue weighted by Gasteiger charge is -2.37. The third kappa shape index (κ3) is 3.73. The first kappa shape index (κ1) is 18.9. The van der Waals surface area contributed by atoms with Crippen LogP contribution in [0, 0.1) is 12.3 Å². The molecule has 0 radical (unpaired) electrons. The summed E-state index contributed by atoms with van der Waals surface area (Å²) in [4.78, 5) is 24.4. The van der Waals surface area contributed by atoms with E-state index in [1.807, 2.05) is 26.2 Å². The highest BCUT2D eigenvalue weighted by Crippen LogP contribution is 2.40. The fourth-order valence-electron chi connectivity index (χ4n) is 3.98. The number of rotatable bonds is 3. The van der Waals surface area contributed by atoms with Gasteiger partial charge >= 0.3 is 0 Å². The van der Waals surface area contributed by atoms with Crippen LogP contribution in [0.25, 0.3) is 0 Å². The lowest BCUT2D eigenvalue weighted by Crippen LogP contribution is -2.39. The largest absolute Gasteiger partial charge is 0.378 e. The average Bonchev–Trinajstić information content (AvgIpc) is 3.00. The molecule has 3 heterocycles. The SMILES string of the molecule is Cc1cc(C(=O)N[C@@H]2CC(C)(C)Cc3nc(N4CCOCC4)ncc32)nn1C. The van der Waals surface area contributed by atoms with Crippen molar-refractivity contribution in [2.24, 2.45) is 12.5 Å². The van der Waals surface area contributed by atoms with E-state index >= 15 is 0 Å². The Kier molecular flexibility index (Phi) is 4.82. The Balaban J connectivity index is 1.59. The zero-order chi connectivity index (χ0) is 19.9. The monoisotopic (exact) mass is 384 g/mol. The molecule has 1 fully saturated rings. The Morgan fingerprint density at radius 1 is 1.32 bits per heavy atom. The summed E-state index contributed by atoms with van der Waals surface area (Å²) in [5, 5.41) is 7.46. The molecule has 0 bridgehead atoms. The van der Waals surface area contributed by atoms with Gasteiger partial charge in [-0.25, -0.2) is 9.97 Å². The molecule has 28 heavy (non-hydrogen) atoms. The molecule has 8 nitrogen and oxygen atoms in total. The lowest BCUT2D eigenvalue weighted by molar-refractivity contribution is 0.0913. The number of ether oxygens (including phenoxy) is 1. The van der Waals surface area contributed by atoms with Crippen LogP contribution in [0.15, 0.2) is 12.3 Å². The van der Waals surface area contributed by atoms with Crippen LogP contribution in [0.1, 0.15) is 53.7 Å². The smallest absolute Gasteiger partial charge is 0.272 e. The van der Waals surface area contributed by atoms with Crippen LogP contribution in [0.2, 0.25) is 0 Å². The third-order valence-electron chi connectivity index (χ3n) is 5.61. The van der Waals surface area contributed by atoms with Crippen LogP contribution in [-0.2, 0) is 18.2 Å². The number of hydrogen-bond donors (Lipinski definition) is 1. The van der Waals surface area contributed by atoms with Crippen LogP contribution in [0.3, 0.4) is 0 Å². The lowest BCUT2D eigenvalue weighted by atomic mass is 9.74. The number of amides is 1. The van der Waals surface area contributed by atoms with E-state index in [0.29, 0.717) is 18.9 Å². The van der Waals surface area contributed by atoms with Crippen molar-refractivity contribution in [1.82, 2.24) is 25.1 Å². The van der Waals surface area contributed by atoms with E-state index in [1.165, 1.54) is 0 Å². The van der Waals surface area contributed by atoms with Gasteiger partial charge in [0, 0.05) is 37.6 Å². The minimum atomic E-state index is -0.158. The van der Waals surface area contributed by atoms with E-state index in [-0.39, 0.29) is 17.4 Å². The second-order valence-electron chi connectivity index (χ2n) is 8.54. The van der Waals surface area contributed by atoms with Gasteiger partial charge in [-0.15, -0.1) is 0 Å². The van der Waals surface area contributed by atoms with Gasteiger partial charge in [-0.05, 0) is 31.2 Å². The molecule has 4 rings (SSSR count). The Morgan fingerprint density at radius 2 is 2.07 bits per heavy atom. The van der Waals surface area contributed by atoms with Gasteiger partial charge in [0.05, 0.1) is 24.9 Å². The minimum Gasteiger partial charge on any atom is -0.378 e. The molecule has 0 aromatic carbocycles. The second kappa shape index (κ2) is 7.16. The first-order valence-corrected chi connectivity index (χ1v) is 9.82. The van der Waals surface area contributed by atoms with Crippen molar-refractivity contribution in [2.75, 3.05) is 31.2 Å². The van der Waals surface area contributed by atoms with E-state index < -0.39 is 0 Å². The number of nitrogens with one attached hydrogen (secondary N) is 1. The van der Waals surface area contributed by atoms with Gasteiger partial charge in [0.25, 0.3) is 5.91 Å². The summed E-state index contributed by atoms with van der Waals surface area (Å²) in [6.45, 7) is 9.39.